The van der Waals surface area contributed by atoms with Crippen LogP contribution in [0.4, 0.5) is 30.7 Å². The molecule has 0 unspecified atom stereocenters. The maximum atomic E-state index is 13.1. The van der Waals surface area contributed by atoms with Gasteiger partial charge in [0, 0.05) is 6.61 Å². The lowest BCUT2D eigenvalue weighted by molar-refractivity contribution is -0.402. The molecule has 26 heavy (non-hydrogen) atoms. The van der Waals surface area contributed by atoms with Crippen molar-refractivity contribution in [2.24, 2.45) is 5.92 Å². The monoisotopic (exact) mass is 400 g/mol. The van der Waals surface area contributed by atoms with Crippen LogP contribution in [0.25, 0.3) is 0 Å². The smallest absolute Gasteiger partial charge is 0.378 e. The Morgan fingerprint density at radius 3 is 1.85 bits per heavy atom. The highest BCUT2D eigenvalue weighted by molar-refractivity contribution is 4.96. The van der Waals surface area contributed by atoms with Gasteiger partial charge in [-0.05, 0) is 25.2 Å². The van der Waals surface area contributed by atoms with E-state index < -0.39 is 31.4 Å². The van der Waals surface area contributed by atoms with Crippen LogP contribution in [0, 0.1) is 5.92 Å². The minimum absolute atomic E-state index is 0.0988. The van der Waals surface area contributed by atoms with Gasteiger partial charge in [0.25, 0.3) is 5.60 Å². The Bertz CT molecular complexity index is 339. The third-order valence-electron chi connectivity index (χ3n) is 4.04. The first-order valence-corrected chi connectivity index (χ1v) is 8.44. The highest BCUT2D eigenvalue weighted by Crippen LogP contribution is 2.46. The van der Waals surface area contributed by atoms with Crippen LogP contribution < -0.4 is 0 Å². The van der Waals surface area contributed by atoms with Crippen LogP contribution in [0.5, 0.6) is 0 Å². The molecule has 0 aromatic heterocycles. The molecule has 0 saturated heterocycles. The SMILES string of the molecule is CCCOCC(OCOCC1CCCCC1)(C(F)(F)F)C(F)(F)F.CF. The van der Waals surface area contributed by atoms with Crippen LogP contribution in [0.15, 0.2) is 0 Å². The highest BCUT2D eigenvalue weighted by atomic mass is 19.4. The van der Waals surface area contributed by atoms with Crippen molar-refractivity contribution >= 4 is 0 Å². The summed E-state index contributed by atoms with van der Waals surface area (Å²) < 4.78 is 102. The fraction of sp³-hybridized carbons (Fsp3) is 1.00. The van der Waals surface area contributed by atoms with Crippen molar-refractivity contribution in [2.45, 2.75) is 63.4 Å². The van der Waals surface area contributed by atoms with Gasteiger partial charge in [0.2, 0.25) is 0 Å². The molecule has 10 heteroatoms. The highest BCUT2D eigenvalue weighted by Gasteiger charge is 2.72. The molecule has 158 valence electrons. The molecular weight excluding hydrogens is 373 g/mol. The number of halogens is 7. The fourth-order valence-corrected chi connectivity index (χ4v) is 2.60. The lowest BCUT2D eigenvalue weighted by atomic mass is 9.90. The van der Waals surface area contributed by atoms with Crippen LogP contribution in [0.2, 0.25) is 0 Å². The summed E-state index contributed by atoms with van der Waals surface area (Å²) >= 11 is 0. The summed E-state index contributed by atoms with van der Waals surface area (Å²) in [5, 5.41) is 0. The Labute approximate surface area is 149 Å². The van der Waals surface area contributed by atoms with Crippen molar-refractivity contribution in [3.63, 3.8) is 0 Å². The molecule has 0 radical (unpaired) electrons. The molecule has 0 aliphatic heterocycles. The van der Waals surface area contributed by atoms with Crippen LogP contribution in [-0.4, -0.2) is 51.7 Å². The second kappa shape index (κ2) is 12.0. The lowest BCUT2D eigenvalue weighted by Crippen LogP contribution is -2.62. The summed E-state index contributed by atoms with van der Waals surface area (Å²) in [4.78, 5) is 0. The van der Waals surface area contributed by atoms with E-state index in [2.05, 4.69) is 9.47 Å². The number of ether oxygens (including phenoxy) is 3. The van der Waals surface area contributed by atoms with Crippen molar-refractivity contribution < 1.29 is 44.9 Å². The van der Waals surface area contributed by atoms with E-state index in [4.69, 9.17) is 4.74 Å². The van der Waals surface area contributed by atoms with E-state index in [1.165, 1.54) is 0 Å². The molecule has 0 heterocycles. The van der Waals surface area contributed by atoms with E-state index in [0.29, 0.717) is 13.6 Å². The predicted molar refractivity (Wildman–Crippen MR) is 81.5 cm³/mol. The van der Waals surface area contributed by atoms with Crippen LogP contribution in [0.3, 0.4) is 0 Å². The molecule has 0 aromatic carbocycles. The number of hydrogen-bond acceptors (Lipinski definition) is 3. The maximum Gasteiger partial charge on any atom is 0.428 e. The van der Waals surface area contributed by atoms with E-state index in [9.17, 15) is 30.7 Å². The van der Waals surface area contributed by atoms with Gasteiger partial charge in [0.1, 0.15) is 6.79 Å². The molecule has 1 aliphatic carbocycles. The van der Waals surface area contributed by atoms with Gasteiger partial charge in [-0.3, -0.25) is 4.39 Å². The second-order valence-electron chi connectivity index (χ2n) is 6.01. The quantitative estimate of drug-likeness (QED) is 0.293. The largest absolute Gasteiger partial charge is 0.428 e. The second-order valence-corrected chi connectivity index (χ2v) is 6.01. The van der Waals surface area contributed by atoms with E-state index in [0.717, 1.165) is 32.1 Å². The third kappa shape index (κ3) is 7.56. The summed E-state index contributed by atoms with van der Waals surface area (Å²) in [5.41, 5.74) is -4.37. The number of alkyl halides is 7. The summed E-state index contributed by atoms with van der Waals surface area (Å²) in [6.45, 7) is -1.26. The predicted octanol–water partition coefficient (Wildman–Crippen LogP) is 5.43. The first-order valence-electron chi connectivity index (χ1n) is 8.44. The van der Waals surface area contributed by atoms with Gasteiger partial charge in [0.15, 0.2) is 0 Å². The Hall–Kier alpha value is -0.610. The Morgan fingerprint density at radius 1 is 0.846 bits per heavy atom. The normalized spacial score (nSPS) is 17.0. The zero-order valence-corrected chi connectivity index (χ0v) is 15.0. The standard InChI is InChI=1S/C15H24F6O3.CH3F/c1-2-8-22-10-13(14(16,17)18,15(19,20)21)24-11-23-9-12-6-4-3-5-7-12;1-2/h12H,2-11H2,1H3;1H3. The first kappa shape index (κ1) is 25.4. The van der Waals surface area contributed by atoms with Crippen molar-refractivity contribution in [1.29, 1.82) is 0 Å². The lowest BCUT2D eigenvalue weighted by Gasteiger charge is -2.36. The van der Waals surface area contributed by atoms with Crippen molar-refractivity contribution in [1.82, 2.24) is 0 Å². The van der Waals surface area contributed by atoms with Crippen molar-refractivity contribution in [2.75, 3.05) is 33.8 Å². The average Bonchev–Trinajstić information content (AvgIpc) is 2.57. The maximum absolute atomic E-state index is 13.1. The molecule has 0 N–H and O–H groups in total. The molecule has 1 fully saturated rings. The van der Waals surface area contributed by atoms with Gasteiger partial charge in [-0.2, -0.15) is 26.3 Å². The minimum atomic E-state index is -5.66. The van der Waals surface area contributed by atoms with E-state index >= 15 is 0 Å². The topological polar surface area (TPSA) is 27.7 Å². The molecule has 0 aromatic rings. The van der Waals surface area contributed by atoms with E-state index in [1.54, 1.807) is 6.92 Å². The summed E-state index contributed by atoms with van der Waals surface area (Å²) in [6.07, 6.45) is -6.21. The fourth-order valence-electron chi connectivity index (χ4n) is 2.60. The van der Waals surface area contributed by atoms with Gasteiger partial charge in [0.05, 0.1) is 20.4 Å². The molecule has 0 bridgehead atoms. The Morgan fingerprint density at radius 2 is 1.38 bits per heavy atom. The molecule has 0 atom stereocenters. The van der Waals surface area contributed by atoms with Crippen LogP contribution >= 0.6 is 0 Å². The van der Waals surface area contributed by atoms with Gasteiger partial charge >= 0.3 is 12.4 Å². The van der Waals surface area contributed by atoms with E-state index in [-0.39, 0.29) is 19.1 Å². The molecule has 0 amide bonds. The summed E-state index contributed by atoms with van der Waals surface area (Å²) in [6, 6.07) is 0. The summed E-state index contributed by atoms with van der Waals surface area (Å²) in [5.74, 6) is 0.157. The first-order chi connectivity index (χ1) is 12.1. The van der Waals surface area contributed by atoms with Gasteiger partial charge < -0.3 is 14.2 Å². The molecular formula is C16H27F7O3. The number of rotatable bonds is 9. The van der Waals surface area contributed by atoms with Gasteiger partial charge in [-0.25, -0.2) is 0 Å². The number of hydrogen-bond donors (Lipinski definition) is 0. The van der Waals surface area contributed by atoms with Gasteiger partial charge in [-0.15, -0.1) is 0 Å². The summed E-state index contributed by atoms with van der Waals surface area (Å²) in [7, 11) is 0.500. The Kier molecular flexibility index (Phi) is 11.7. The van der Waals surface area contributed by atoms with Gasteiger partial charge in [-0.1, -0.05) is 26.2 Å². The molecule has 1 saturated carbocycles. The molecule has 0 spiro atoms. The van der Waals surface area contributed by atoms with Crippen LogP contribution in [-0.2, 0) is 14.2 Å². The van der Waals surface area contributed by atoms with Crippen LogP contribution in [0.1, 0.15) is 45.4 Å². The van der Waals surface area contributed by atoms with Crippen molar-refractivity contribution in [3.05, 3.63) is 0 Å². The van der Waals surface area contributed by atoms with E-state index in [1.807, 2.05) is 0 Å². The molecule has 3 nitrogen and oxygen atoms in total. The molecule has 1 rings (SSSR count). The van der Waals surface area contributed by atoms with Crippen molar-refractivity contribution in [3.8, 4) is 0 Å². The average molecular weight is 400 g/mol. The Balaban J connectivity index is 0.00000301. The molecule has 1 aliphatic rings. The zero-order valence-electron chi connectivity index (χ0n) is 15.0. The minimum Gasteiger partial charge on any atom is -0.378 e. The zero-order chi connectivity index (χ0) is 20.3. The third-order valence-corrected chi connectivity index (χ3v) is 4.04.